The van der Waals surface area contributed by atoms with Crippen LogP contribution in [0.15, 0.2) is 109 Å². The van der Waals surface area contributed by atoms with Crippen molar-refractivity contribution in [2.45, 2.75) is 238 Å². The van der Waals surface area contributed by atoms with E-state index < -0.39 is 57.8 Å². The van der Waals surface area contributed by atoms with Crippen LogP contribution in [-0.4, -0.2) is 66.5 Å². The molecule has 0 aliphatic carbocycles. The molecular weight excluding hydrogens is 952 g/mol. The molecule has 0 aromatic rings. The zero-order valence-corrected chi connectivity index (χ0v) is 47.4. The van der Waals surface area contributed by atoms with Crippen LogP contribution in [0.3, 0.4) is 0 Å². The Morgan fingerprint density at radius 3 is 1.14 bits per heavy atom. The van der Waals surface area contributed by atoms with Gasteiger partial charge in [0.15, 0.2) is 6.10 Å². The molecule has 0 aromatic carbocycles. The quantitative estimate of drug-likeness (QED) is 0.0197. The number of phosphoric acid groups is 1. The standard InChI is InChI=1S/C62H103O11P/c1-4-7-10-13-16-19-22-25-27-28-29-30-32-35-38-41-44-47-50-53-62(66)73-59(55-69-60(64)51-48-45-42-39-36-33-24-21-18-15-12-9-6-3)57-71-74(67,68)70-56-58(54-63)72-61(65)52-49-46-43-40-37-34-31-26-23-20-17-14-11-8-5-2/h8-9,11-12,16-21,25-27,31,33,36,42,45,58-59,63H,4-7,10,13-15,22-24,28-30,32,34-35,37-41,43-44,46-57H2,1-3H3,(H,67,68)/b11-8-,12-9-,19-16-,20-17-,21-18-,27-25-,31-26-,36-33-,45-42-. The number of unbranched alkanes of at least 4 members (excludes halogenated alkanes) is 17. The predicted molar refractivity (Wildman–Crippen MR) is 307 cm³/mol. The van der Waals surface area contributed by atoms with Crippen molar-refractivity contribution in [2.75, 3.05) is 26.4 Å². The van der Waals surface area contributed by atoms with E-state index in [9.17, 15) is 28.9 Å². The summed E-state index contributed by atoms with van der Waals surface area (Å²) in [5.74, 6) is -1.59. The highest BCUT2D eigenvalue weighted by Crippen LogP contribution is 2.43. The molecule has 0 fully saturated rings. The summed E-state index contributed by atoms with van der Waals surface area (Å²) in [4.78, 5) is 48.5. The first-order chi connectivity index (χ1) is 36.2. The minimum Gasteiger partial charge on any atom is -0.462 e. The van der Waals surface area contributed by atoms with Crippen molar-refractivity contribution in [3.8, 4) is 0 Å². The third-order valence-corrected chi connectivity index (χ3v) is 12.6. The molecule has 422 valence electrons. The van der Waals surface area contributed by atoms with Crippen molar-refractivity contribution < 1.29 is 52.2 Å². The van der Waals surface area contributed by atoms with Gasteiger partial charge in [-0.1, -0.05) is 207 Å². The van der Waals surface area contributed by atoms with Crippen LogP contribution >= 0.6 is 7.82 Å². The Balaban J connectivity index is 4.79. The van der Waals surface area contributed by atoms with Gasteiger partial charge in [0, 0.05) is 19.3 Å². The third-order valence-electron chi connectivity index (χ3n) is 11.7. The molecule has 0 amide bonds. The topological polar surface area (TPSA) is 155 Å². The zero-order chi connectivity index (χ0) is 54.1. The molecule has 74 heavy (non-hydrogen) atoms. The van der Waals surface area contributed by atoms with Crippen LogP contribution in [0.2, 0.25) is 0 Å². The molecule has 11 nitrogen and oxygen atoms in total. The Labute approximate surface area is 450 Å². The lowest BCUT2D eigenvalue weighted by Gasteiger charge is -2.21. The molecular formula is C62H103O11P. The van der Waals surface area contributed by atoms with Crippen molar-refractivity contribution in [1.29, 1.82) is 0 Å². The summed E-state index contributed by atoms with van der Waals surface area (Å²) in [6.45, 7) is 4.28. The number of carbonyl (C=O) groups is 3. The van der Waals surface area contributed by atoms with Gasteiger partial charge in [-0.3, -0.25) is 23.4 Å². The second-order valence-corrected chi connectivity index (χ2v) is 20.1. The number of phosphoric ester groups is 1. The molecule has 0 saturated carbocycles. The number of esters is 3. The second kappa shape index (κ2) is 55.4. The molecule has 0 rings (SSSR count). The first-order valence-corrected chi connectivity index (χ1v) is 30.3. The van der Waals surface area contributed by atoms with Crippen LogP contribution < -0.4 is 0 Å². The molecule has 2 N–H and O–H groups in total. The molecule has 0 saturated heterocycles. The zero-order valence-electron chi connectivity index (χ0n) is 46.5. The Kier molecular flexibility index (Phi) is 52.5. The number of ether oxygens (including phenoxy) is 3. The summed E-state index contributed by atoms with van der Waals surface area (Å²) >= 11 is 0. The third kappa shape index (κ3) is 53.0. The molecule has 0 spiro atoms. The maximum absolute atomic E-state index is 12.9. The number of rotatable bonds is 52. The normalized spacial score (nSPS) is 14.2. The molecule has 0 aromatic heterocycles. The van der Waals surface area contributed by atoms with Gasteiger partial charge in [0.2, 0.25) is 0 Å². The van der Waals surface area contributed by atoms with E-state index in [0.717, 1.165) is 116 Å². The maximum Gasteiger partial charge on any atom is 0.472 e. The molecule has 12 heteroatoms. The smallest absolute Gasteiger partial charge is 0.462 e. The van der Waals surface area contributed by atoms with Gasteiger partial charge >= 0.3 is 25.7 Å². The first-order valence-electron chi connectivity index (χ1n) is 28.8. The number of carbonyl (C=O) groups excluding carboxylic acids is 3. The molecule has 3 unspecified atom stereocenters. The van der Waals surface area contributed by atoms with Crippen LogP contribution in [0.4, 0.5) is 0 Å². The second-order valence-electron chi connectivity index (χ2n) is 18.7. The van der Waals surface area contributed by atoms with Crippen molar-refractivity contribution in [2.24, 2.45) is 0 Å². The Bertz CT molecular complexity index is 1660. The number of allylic oxidation sites excluding steroid dienone is 18. The molecule has 0 heterocycles. The van der Waals surface area contributed by atoms with Gasteiger partial charge in [-0.25, -0.2) is 4.57 Å². The Hall–Kier alpha value is -3.86. The summed E-state index contributed by atoms with van der Waals surface area (Å²) < 4.78 is 39.4. The van der Waals surface area contributed by atoms with E-state index in [2.05, 4.69) is 118 Å². The highest BCUT2D eigenvalue weighted by molar-refractivity contribution is 7.47. The number of hydrogen-bond donors (Lipinski definition) is 2. The van der Waals surface area contributed by atoms with Gasteiger partial charge in [-0.2, -0.15) is 0 Å². The van der Waals surface area contributed by atoms with Gasteiger partial charge in [0.25, 0.3) is 0 Å². The van der Waals surface area contributed by atoms with E-state index in [1.54, 1.807) is 0 Å². The van der Waals surface area contributed by atoms with E-state index in [-0.39, 0.29) is 25.9 Å². The minimum atomic E-state index is -4.77. The largest absolute Gasteiger partial charge is 0.472 e. The predicted octanol–water partition coefficient (Wildman–Crippen LogP) is 17.0. The van der Waals surface area contributed by atoms with E-state index in [0.29, 0.717) is 19.3 Å². The van der Waals surface area contributed by atoms with Gasteiger partial charge in [-0.05, 0) is 109 Å². The summed E-state index contributed by atoms with van der Waals surface area (Å²) in [7, 11) is -4.77. The minimum absolute atomic E-state index is 0.0988. The van der Waals surface area contributed by atoms with Crippen LogP contribution in [0.5, 0.6) is 0 Å². The van der Waals surface area contributed by atoms with E-state index in [4.69, 9.17) is 23.3 Å². The fourth-order valence-corrected chi connectivity index (χ4v) is 8.14. The molecule has 0 bridgehead atoms. The van der Waals surface area contributed by atoms with Crippen LogP contribution in [-0.2, 0) is 42.2 Å². The van der Waals surface area contributed by atoms with Gasteiger partial charge < -0.3 is 24.2 Å². The van der Waals surface area contributed by atoms with Crippen molar-refractivity contribution in [1.82, 2.24) is 0 Å². The number of aliphatic hydroxyl groups is 1. The van der Waals surface area contributed by atoms with Crippen molar-refractivity contribution in [3.63, 3.8) is 0 Å². The van der Waals surface area contributed by atoms with Gasteiger partial charge in [-0.15, -0.1) is 0 Å². The molecule has 0 aliphatic rings. The highest BCUT2D eigenvalue weighted by atomic mass is 31.2. The van der Waals surface area contributed by atoms with Crippen molar-refractivity contribution >= 4 is 25.7 Å². The highest BCUT2D eigenvalue weighted by Gasteiger charge is 2.28. The summed E-state index contributed by atoms with van der Waals surface area (Å²) in [5, 5.41) is 9.81. The first kappa shape index (κ1) is 70.1. The summed E-state index contributed by atoms with van der Waals surface area (Å²) in [5.41, 5.74) is 0. The number of hydrogen-bond acceptors (Lipinski definition) is 10. The molecule has 0 aliphatic heterocycles. The summed E-state index contributed by atoms with van der Waals surface area (Å²) in [6.07, 6.45) is 66.4. The average molecular weight is 1060 g/mol. The molecule has 0 radical (unpaired) electrons. The monoisotopic (exact) mass is 1050 g/mol. The lowest BCUT2D eigenvalue weighted by atomic mass is 10.1. The van der Waals surface area contributed by atoms with E-state index >= 15 is 0 Å². The fraction of sp³-hybridized carbons (Fsp3) is 0.661. The average Bonchev–Trinajstić information content (AvgIpc) is 3.39. The SMILES string of the molecule is CC/C=C\C/C=C\C/C=C\C/C=C\CCC(=O)OCC(COP(=O)(O)OCC(CO)OC(=O)CCCCCCC/C=C\C/C=C\C/C=C\CC)OC(=O)CCCCCCCCCCC/C=C\C/C=C\CCCCC. The Morgan fingerprint density at radius 2 is 0.730 bits per heavy atom. The van der Waals surface area contributed by atoms with Crippen molar-refractivity contribution in [3.05, 3.63) is 109 Å². The van der Waals surface area contributed by atoms with Crippen LogP contribution in [0.1, 0.15) is 226 Å². The van der Waals surface area contributed by atoms with Crippen LogP contribution in [0, 0.1) is 0 Å². The van der Waals surface area contributed by atoms with Gasteiger partial charge in [0.1, 0.15) is 12.7 Å². The number of aliphatic hydroxyl groups excluding tert-OH is 1. The van der Waals surface area contributed by atoms with Gasteiger partial charge in [0.05, 0.1) is 19.8 Å². The van der Waals surface area contributed by atoms with Crippen LogP contribution in [0.25, 0.3) is 0 Å². The van der Waals surface area contributed by atoms with E-state index in [1.807, 2.05) is 12.2 Å². The maximum atomic E-state index is 12.9. The van der Waals surface area contributed by atoms with E-state index in [1.165, 1.54) is 51.4 Å². The summed E-state index contributed by atoms with van der Waals surface area (Å²) in [6, 6.07) is 0. The lowest BCUT2D eigenvalue weighted by Crippen LogP contribution is -2.30. The Morgan fingerprint density at radius 1 is 0.392 bits per heavy atom. The fourth-order valence-electron chi connectivity index (χ4n) is 7.35. The lowest BCUT2D eigenvalue weighted by molar-refractivity contribution is -0.161. The molecule has 3 atom stereocenters.